The smallest absolute Gasteiger partial charge is 0.251 e. The maximum absolute atomic E-state index is 12.4. The van der Waals surface area contributed by atoms with Gasteiger partial charge in [0.25, 0.3) is 5.91 Å². The molecule has 124 valence electrons. The van der Waals surface area contributed by atoms with Gasteiger partial charge in [0.1, 0.15) is 0 Å². The van der Waals surface area contributed by atoms with Crippen LogP contribution in [0.3, 0.4) is 0 Å². The summed E-state index contributed by atoms with van der Waals surface area (Å²) in [7, 11) is 0. The molecule has 0 fully saturated rings. The van der Waals surface area contributed by atoms with Crippen LogP contribution in [0.4, 0.5) is 5.69 Å². The van der Waals surface area contributed by atoms with Crippen LogP contribution in [0.5, 0.6) is 0 Å². The molecule has 5 nitrogen and oxygen atoms in total. The summed E-state index contributed by atoms with van der Waals surface area (Å²) in [5, 5.41) is 5.76. The van der Waals surface area contributed by atoms with Gasteiger partial charge in [0, 0.05) is 24.2 Å². The Morgan fingerprint density at radius 3 is 2.32 bits per heavy atom. The van der Waals surface area contributed by atoms with E-state index in [0.29, 0.717) is 24.2 Å². The number of carbonyl (C=O) groups is 2. The molecule has 22 heavy (non-hydrogen) atoms. The van der Waals surface area contributed by atoms with E-state index in [1.165, 1.54) is 0 Å². The molecule has 0 unspecified atom stereocenters. The number of hydrogen-bond acceptors (Lipinski definition) is 3. The van der Waals surface area contributed by atoms with Crippen molar-refractivity contribution in [1.82, 2.24) is 5.32 Å². The van der Waals surface area contributed by atoms with Crippen molar-refractivity contribution in [2.45, 2.75) is 45.6 Å². The zero-order valence-corrected chi connectivity index (χ0v) is 14.3. The zero-order chi connectivity index (χ0) is 15.9. The third kappa shape index (κ3) is 5.31. The van der Waals surface area contributed by atoms with Crippen LogP contribution in [0.25, 0.3) is 0 Å². The lowest BCUT2D eigenvalue weighted by Crippen LogP contribution is -2.52. The van der Waals surface area contributed by atoms with Crippen molar-refractivity contribution in [3.8, 4) is 0 Å². The summed E-state index contributed by atoms with van der Waals surface area (Å²) >= 11 is 0. The third-order valence-corrected chi connectivity index (χ3v) is 3.85. The second-order valence-corrected chi connectivity index (χ2v) is 5.13. The molecule has 0 bridgehead atoms. The van der Waals surface area contributed by atoms with E-state index in [2.05, 4.69) is 10.6 Å². The van der Waals surface area contributed by atoms with Crippen molar-refractivity contribution in [2.75, 3.05) is 11.9 Å². The summed E-state index contributed by atoms with van der Waals surface area (Å²) in [6.07, 6.45) is 1.95. The quantitative estimate of drug-likeness (QED) is 0.720. The zero-order valence-electron chi connectivity index (χ0n) is 13.4. The normalized spacial score (nSPS) is 10.5. The van der Waals surface area contributed by atoms with Crippen LogP contribution in [0.2, 0.25) is 0 Å². The van der Waals surface area contributed by atoms with Crippen molar-refractivity contribution < 1.29 is 9.59 Å². The molecule has 1 aromatic rings. The molecule has 0 spiro atoms. The summed E-state index contributed by atoms with van der Waals surface area (Å²) in [5.41, 5.74) is 6.57. The van der Waals surface area contributed by atoms with Crippen LogP contribution in [-0.4, -0.2) is 23.9 Å². The number of amides is 2. The maximum atomic E-state index is 12.4. The minimum Gasteiger partial charge on any atom is -0.345 e. The number of hydrogen-bond donors (Lipinski definition) is 3. The molecule has 2 amide bonds. The first-order valence-electron chi connectivity index (χ1n) is 7.42. The molecule has 0 saturated carbocycles. The third-order valence-electron chi connectivity index (χ3n) is 3.85. The monoisotopic (exact) mass is 327 g/mol. The van der Waals surface area contributed by atoms with E-state index in [1.54, 1.807) is 31.2 Å². The standard InChI is InChI=1S/C16H25N3O2.ClH/c1-4-14(20)18-13-9-7-8-12(10-13)15(21)19-16(5-2,6-3)11-17;/h7-10H,4-6,11,17H2,1-3H3,(H,18,20)(H,19,21);1H. The summed E-state index contributed by atoms with van der Waals surface area (Å²) < 4.78 is 0. The SMILES string of the molecule is CCC(=O)Nc1cccc(C(=O)NC(CC)(CC)CN)c1.Cl. The topological polar surface area (TPSA) is 84.2 Å². The fourth-order valence-electron chi connectivity index (χ4n) is 2.07. The molecular formula is C16H26ClN3O2. The summed E-state index contributed by atoms with van der Waals surface area (Å²) in [6.45, 7) is 6.20. The van der Waals surface area contributed by atoms with Crippen LogP contribution in [-0.2, 0) is 4.79 Å². The fraction of sp³-hybridized carbons (Fsp3) is 0.500. The minimum atomic E-state index is -0.375. The van der Waals surface area contributed by atoms with Gasteiger partial charge in [-0.2, -0.15) is 0 Å². The molecular weight excluding hydrogens is 302 g/mol. The lowest BCUT2D eigenvalue weighted by Gasteiger charge is -2.31. The van der Waals surface area contributed by atoms with Gasteiger partial charge in [0.2, 0.25) is 5.91 Å². The van der Waals surface area contributed by atoms with Crippen molar-refractivity contribution in [3.63, 3.8) is 0 Å². The Balaban J connectivity index is 0.00000441. The molecule has 6 heteroatoms. The van der Waals surface area contributed by atoms with Gasteiger partial charge in [-0.1, -0.05) is 26.8 Å². The molecule has 1 rings (SSSR count). The number of anilines is 1. The Bertz CT molecular complexity index is 494. The predicted molar refractivity (Wildman–Crippen MR) is 92.4 cm³/mol. The van der Waals surface area contributed by atoms with Crippen LogP contribution in [0, 0.1) is 0 Å². The van der Waals surface area contributed by atoms with E-state index in [-0.39, 0.29) is 29.8 Å². The average molecular weight is 328 g/mol. The summed E-state index contributed by atoms with van der Waals surface area (Å²) in [4.78, 5) is 23.8. The van der Waals surface area contributed by atoms with Gasteiger partial charge in [0.15, 0.2) is 0 Å². The first kappa shape index (κ1) is 20.4. The molecule has 0 heterocycles. The van der Waals surface area contributed by atoms with Gasteiger partial charge in [-0.05, 0) is 31.0 Å². The molecule has 1 aromatic carbocycles. The Labute approximate surface area is 138 Å². The molecule has 0 aliphatic heterocycles. The molecule has 0 atom stereocenters. The molecule has 4 N–H and O–H groups in total. The highest BCUT2D eigenvalue weighted by Gasteiger charge is 2.26. The van der Waals surface area contributed by atoms with Crippen molar-refractivity contribution in [2.24, 2.45) is 5.73 Å². The fourth-order valence-corrected chi connectivity index (χ4v) is 2.07. The van der Waals surface area contributed by atoms with E-state index in [0.717, 1.165) is 12.8 Å². The van der Waals surface area contributed by atoms with Crippen molar-refractivity contribution in [1.29, 1.82) is 0 Å². The predicted octanol–water partition coefficient (Wildman–Crippen LogP) is 2.70. The van der Waals surface area contributed by atoms with Crippen molar-refractivity contribution >= 4 is 29.9 Å². The molecule has 0 saturated heterocycles. The van der Waals surface area contributed by atoms with E-state index >= 15 is 0 Å². The molecule has 0 aromatic heterocycles. The first-order valence-corrected chi connectivity index (χ1v) is 7.42. The van der Waals surface area contributed by atoms with Gasteiger partial charge < -0.3 is 16.4 Å². The van der Waals surface area contributed by atoms with Gasteiger partial charge in [-0.25, -0.2) is 0 Å². The summed E-state index contributed by atoms with van der Waals surface area (Å²) in [6, 6.07) is 6.92. The Hall–Kier alpha value is -1.59. The number of carbonyl (C=O) groups excluding carboxylic acids is 2. The van der Waals surface area contributed by atoms with E-state index in [4.69, 9.17) is 5.73 Å². The molecule has 0 aliphatic rings. The Morgan fingerprint density at radius 2 is 1.82 bits per heavy atom. The lowest BCUT2D eigenvalue weighted by atomic mass is 9.92. The number of benzene rings is 1. The van der Waals surface area contributed by atoms with E-state index < -0.39 is 0 Å². The average Bonchev–Trinajstić information content (AvgIpc) is 2.52. The minimum absolute atomic E-state index is 0. The Kier molecular flexibility index (Phi) is 8.75. The van der Waals surface area contributed by atoms with Crippen LogP contribution in [0.15, 0.2) is 24.3 Å². The van der Waals surface area contributed by atoms with Gasteiger partial charge in [-0.3, -0.25) is 9.59 Å². The maximum Gasteiger partial charge on any atom is 0.251 e. The highest BCUT2D eigenvalue weighted by Crippen LogP contribution is 2.16. The lowest BCUT2D eigenvalue weighted by molar-refractivity contribution is -0.115. The van der Waals surface area contributed by atoms with Crippen LogP contribution >= 0.6 is 12.4 Å². The largest absolute Gasteiger partial charge is 0.345 e. The van der Waals surface area contributed by atoms with Gasteiger partial charge >= 0.3 is 0 Å². The molecule has 0 aliphatic carbocycles. The Morgan fingerprint density at radius 1 is 1.18 bits per heavy atom. The number of nitrogens with one attached hydrogen (secondary N) is 2. The van der Waals surface area contributed by atoms with Gasteiger partial charge in [-0.15, -0.1) is 12.4 Å². The second kappa shape index (κ2) is 9.43. The van der Waals surface area contributed by atoms with E-state index in [9.17, 15) is 9.59 Å². The van der Waals surface area contributed by atoms with Crippen molar-refractivity contribution in [3.05, 3.63) is 29.8 Å². The summed E-state index contributed by atoms with van der Waals surface area (Å²) in [5.74, 6) is -0.247. The second-order valence-electron chi connectivity index (χ2n) is 5.13. The van der Waals surface area contributed by atoms with Gasteiger partial charge in [0.05, 0.1) is 5.54 Å². The number of halogens is 1. The highest BCUT2D eigenvalue weighted by atomic mass is 35.5. The number of rotatable bonds is 7. The number of nitrogens with two attached hydrogens (primary N) is 1. The van der Waals surface area contributed by atoms with Crippen LogP contribution in [0.1, 0.15) is 50.4 Å². The first-order chi connectivity index (χ1) is 10.00. The molecule has 0 radical (unpaired) electrons. The van der Waals surface area contributed by atoms with E-state index in [1.807, 2.05) is 13.8 Å². The van der Waals surface area contributed by atoms with Crippen LogP contribution < -0.4 is 16.4 Å². The highest BCUT2D eigenvalue weighted by molar-refractivity contribution is 5.97.